The Morgan fingerprint density at radius 1 is 0.415 bits per heavy atom. The summed E-state index contributed by atoms with van der Waals surface area (Å²) < 4.78 is 5.47. The SMILES string of the molecule is CCCCCCCCCCCCCCCCCCCCCC(=O)OCCCCC/C=C\CCCCCCCC(=O)NC(CO)C(O)CCCCCCCCCCCCCCCCCCC. The van der Waals surface area contributed by atoms with E-state index < -0.39 is 12.1 Å². The summed E-state index contributed by atoms with van der Waals surface area (Å²) in [6.45, 7) is 4.92. The summed E-state index contributed by atoms with van der Waals surface area (Å²) in [5, 5.41) is 23.3. The minimum absolute atomic E-state index is 0.0171. The minimum Gasteiger partial charge on any atom is -0.466 e. The van der Waals surface area contributed by atoms with Crippen molar-refractivity contribution in [3.8, 4) is 0 Å². The second kappa shape index (κ2) is 55.2. The van der Waals surface area contributed by atoms with Crippen LogP contribution < -0.4 is 5.32 Å². The van der Waals surface area contributed by atoms with Crippen LogP contribution in [0.25, 0.3) is 0 Å². The van der Waals surface area contributed by atoms with E-state index in [2.05, 4.69) is 31.3 Å². The molecule has 0 aromatic heterocycles. The molecule has 0 fully saturated rings. The van der Waals surface area contributed by atoms with Gasteiger partial charge in [0.2, 0.25) is 5.91 Å². The highest BCUT2D eigenvalue weighted by atomic mass is 16.5. The largest absolute Gasteiger partial charge is 0.466 e. The molecule has 0 saturated carbocycles. The lowest BCUT2D eigenvalue weighted by atomic mass is 10.0. The van der Waals surface area contributed by atoms with Crippen molar-refractivity contribution < 1.29 is 24.5 Å². The highest BCUT2D eigenvalue weighted by molar-refractivity contribution is 5.76. The number of rotatable bonds is 55. The van der Waals surface area contributed by atoms with Gasteiger partial charge in [-0.2, -0.15) is 0 Å². The molecule has 0 aromatic rings. The predicted octanol–water partition coefficient (Wildman–Crippen LogP) is 18.1. The fourth-order valence-electron chi connectivity index (χ4n) is 9.28. The van der Waals surface area contributed by atoms with Crippen LogP contribution in [0.3, 0.4) is 0 Å². The fourth-order valence-corrected chi connectivity index (χ4v) is 9.28. The van der Waals surface area contributed by atoms with E-state index in [9.17, 15) is 19.8 Å². The molecule has 0 aliphatic carbocycles. The summed E-state index contributed by atoms with van der Waals surface area (Å²) in [6, 6.07) is -0.559. The van der Waals surface area contributed by atoms with Crippen molar-refractivity contribution in [3.63, 3.8) is 0 Å². The van der Waals surface area contributed by atoms with Crippen LogP contribution in [-0.4, -0.2) is 47.4 Å². The third kappa shape index (κ3) is 51.8. The molecule has 0 aliphatic rings. The number of unbranched alkanes of at least 4 members (excludes halogenated alkanes) is 42. The lowest BCUT2D eigenvalue weighted by Gasteiger charge is -2.22. The quantitative estimate of drug-likeness (QED) is 0.0321. The van der Waals surface area contributed by atoms with E-state index in [0.717, 1.165) is 77.0 Å². The molecule has 386 valence electrons. The second-order valence-corrected chi connectivity index (χ2v) is 20.3. The van der Waals surface area contributed by atoms with Gasteiger partial charge in [-0.3, -0.25) is 9.59 Å². The molecule has 2 atom stereocenters. The Bertz CT molecular complexity index is 970. The van der Waals surface area contributed by atoms with E-state index >= 15 is 0 Å². The Morgan fingerprint density at radius 3 is 1.09 bits per heavy atom. The topological polar surface area (TPSA) is 95.9 Å². The molecule has 65 heavy (non-hydrogen) atoms. The molecule has 2 unspecified atom stereocenters. The zero-order chi connectivity index (χ0) is 47.2. The van der Waals surface area contributed by atoms with Crippen molar-refractivity contribution in [2.75, 3.05) is 13.2 Å². The Morgan fingerprint density at radius 2 is 0.723 bits per heavy atom. The molecule has 6 nitrogen and oxygen atoms in total. The summed E-state index contributed by atoms with van der Waals surface area (Å²) in [5.41, 5.74) is 0. The molecule has 0 bridgehead atoms. The molecule has 0 spiro atoms. The van der Waals surface area contributed by atoms with Gasteiger partial charge in [0.15, 0.2) is 0 Å². The number of carbonyl (C=O) groups is 2. The van der Waals surface area contributed by atoms with Gasteiger partial charge >= 0.3 is 5.97 Å². The first-order valence-corrected chi connectivity index (χ1v) is 29.4. The minimum atomic E-state index is -0.680. The number of esters is 1. The van der Waals surface area contributed by atoms with Gasteiger partial charge in [0.1, 0.15) is 0 Å². The molecule has 0 aromatic carbocycles. The first-order valence-electron chi connectivity index (χ1n) is 29.4. The maximum atomic E-state index is 12.5. The van der Waals surface area contributed by atoms with Gasteiger partial charge in [-0.15, -0.1) is 0 Å². The van der Waals surface area contributed by atoms with Crippen molar-refractivity contribution in [2.45, 2.75) is 341 Å². The summed E-state index contributed by atoms with van der Waals surface area (Å²) >= 11 is 0. The molecule has 0 heterocycles. The van der Waals surface area contributed by atoms with Crippen molar-refractivity contribution in [3.05, 3.63) is 12.2 Å². The highest BCUT2D eigenvalue weighted by Crippen LogP contribution is 2.18. The monoisotopic (exact) mass is 918 g/mol. The van der Waals surface area contributed by atoms with Crippen molar-refractivity contribution in [2.24, 2.45) is 0 Å². The molecule has 0 rings (SSSR count). The Labute approximate surface area is 406 Å². The van der Waals surface area contributed by atoms with Crippen LogP contribution in [0, 0.1) is 0 Å². The van der Waals surface area contributed by atoms with Crippen molar-refractivity contribution in [1.82, 2.24) is 5.32 Å². The normalized spacial score (nSPS) is 12.6. The smallest absolute Gasteiger partial charge is 0.305 e. The maximum absolute atomic E-state index is 12.5. The zero-order valence-corrected chi connectivity index (χ0v) is 44.0. The van der Waals surface area contributed by atoms with Gasteiger partial charge in [-0.1, -0.05) is 270 Å². The van der Waals surface area contributed by atoms with Gasteiger partial charge in [0.25, 0.3) is 0 Å². The Kier molecular flexibility index (Phi) is 54.0. The summed E-state index contributed by atoms with van der Waals surface area (Å²) in [4.78, 5) is 24.6. The van der Waals surface area contributed by atoms with E-state index in [-0.39, 0.29) is 18.5 Å². The number of aliphatic hydroxyl groups is 2. The van der Waals surface area contributed by atoms with Crippen LogP contribution in [0.4, 0.5) is 0 Å². The van der Waals surface area contributed by atoms with E-state index in [0.29, 0.717) is 25.9 Å². The average Bonchev–Trinajstić information content (AvgIpc) is 3.31. The molecule has 0 radical (unpaired) electrons. The molecule has 0 saturated heterocycles. The molecule has 6 heteroatoms. The molecular formula is C59H115NO5. The lowest BCUT2D eigenvalue weighted by Crippen LogP contribution is -2.45. The number of carbonyl (C=O) groups excluding carboxylic acids is 2. The van der Waals surface area contributed by atoms with Crippen molar-refractivity contribution >= 4 is 11.9 Å². The number of hydrogen-bond acceptors (Lipinski definition) is 5. The summed E-state index contributed by atoms with van der Waals surface area (Å²) in [5.74, 6) is -0.0749. The number of ether oxygens (including phenoxy) is 1. The zero-order valence-electron chi connectivity index (χ0n) is 44.0. The number of nitrogens with one attached hydrogen (secondary N) is 1. The molecule has 3 N–H and O–H groups in total. The van der Waals surface area contributed by atoms with Crippen LogP contribution in [0.5, 0.6) is 0 Å². The summed E-state index contributed by atoms with van der Waals surface area (Å²) in [6.07, 6.45) is 64.9. The third-order valence-corrected chi connectivity index (χ3v) is 13.8. The van der Waals surface area contributed by atoms with Crippen LogP contribution in [-0.2, 0) is 14.3 Å². The van der Waals surface area contributed by atoms with Crippen LogP contribution in [0.2, 0.25) is 0 Å². The number of aliphatic hydroxyl groups excluding tert-OH is 2. The van der Waals surface area contributed by atoms with Crippen LogP contribution >= 0.6 is 0 Å². The van der Waals surface area contributed by atoms with E-state index in [1.54, 1.807) is 0 Å². The summed E-state index contributed by atoms with van der Waals surface area (Å²) in [7, 11) is 0. The Hall–Kier alpha value is -1.40. The Balaban J connectivity index is 3.46. The highest BCUT2D eigenvalue weighted by Gasteiger charge is 2.20. The maximum Gasteiger partial charge on any atom is 0.305 e. The fraction of sp³-hybridized carbons (Fsp3) is 0.932. The van der Waals surface area contributed by atoms with Gasteiger partial charge < -0.3 is 20.3 Å². The first kappa shape index (κ1) is 63.6. The van der Waals surface area contributed by atoms with Gasteiger partial charge in [0.05, 0.1) is 25.4 Å². The van der Waals surface area contributed by atoms with E-state index in [1.165, 1.54) is 218 Å². The van der Waals surface area contributed by atoms with Gasteiger partial charge in [0, 0.05) is 12.8 Å². The number of hydrogen-bond donors (Lipinski definition) is 3. The molecule has 0 aliphatic heterocycles. The molecule has 1 amide bonds. The van der Waals surface area contributed by atoms with E-state index in [1.807, 2.05) is 0 Å². The number of allylic oxidation sites excluding steroid dienone is 2. The lowest BCUT2D eigenvalue weighted by molar-refractivity contribution is -0.143. The predicted molar refractivity (Wildman–Crippen MR) is 283 cm³/mol. The third-order valence-electron chi connectivity index (χ3n) is 13.8. The molecular weight excluding hydrogens is 803 g/mol. The van der Waals surface area contributed by atoms with Gasteiger partial charge in [-0.05, 0) is 57.8 Å². The van der Waals surface area contributed by atoms with Gasteiger partial charge in [-0.25, -0.2) is 0 Å². The van der Waals surface area contributed by atoms with Crippen molar-refractivity contribution in [1.29, 1.82) is 0 Å². The van der Waals surface area contributed by atoms with Crippen LogP contribution in [0.15, 0.2) is 12.2 Å². The second-order valence-electron chi connectivity index (χ2n) is 20.3. The first-order chi connectivity index (χ1) is 32.0. The average molecular weight is 919 g/mol. The van der Waals surface area contributed by atoms with E-state index in [4.69, 9.17) is 4.74 Å². The number of amides is 1. The van der Waals surface area contributed by atoms with Crippen LogP contribution in [0.1, 0.15) is 328 Å². The standard InChI is InChI=1S/C59H115NO5/c1-3-5-7-9-11-13-15-17-19-21-22-24-26-28-33-37-41-45-49-53-59(64)65-54-50-46-42-38-34-30-29-32-36-40-44-48-52-58(63)60-56(55-61)57(62)51-47-43-39-35-31-27-25-23-20-18-16-14-12-10-8-6-4-2/h30,34,56-57,61-62H,3-29,31-33,35-55H2,1-2H3,(H,60,63)/b34-30-.